The molecule has 1 atom stereocenters. The van der Waals surface area contributed by atoms with Crippen LogP contribution in [0.2, 0.25) is 0 Å². The zero-order valence-corrected chi connectivity index (χ0v) is 10.8. The van der Waals surface area contributed by atoms with Crippen molar-refractivity contribution in [2.75, 3.05) is 41.5 Å². The molecule has 0 fully saturated rings. The second-order valence-corrected chi connectivity index (χ2v) is 4.23. The Morgan fingerprint density at radius 2 is 1.87 bits per heavy atom. The minimum Gasteiger partial charge on any atom is -0.483 e. The Morgan fingerprint density at radius 3 is 2.20 bits per heavy atom. The fourth-order valence-corrected chi connectivity index (χ4v) is 1.16. The Kier molecular flexibility index (Phi) is 7.34. The minimum atomic E-state index is 0.171. The molecule has 0 aromatic heterocycles. The maximum absolute atomic E-state index is 5.24. The van der Waals surface area contributed by atoms with Crippen molar-refractivity contribution in [3.8, 4) is 0 Å². The predicted molar refractivity (Wildman–Crippen MR) is 63.5 cm³/mol. The molecule has 0 aliphatic heterocycles. The van der Waals surface area contributed by atoms with Crippen molar-refractivity contribution in [3.05, 3.63) is 0 Å². The average Bonchev–Trinajstić information content (AvgIpc) is 2.14. The fourth-order valence-electron chi connectivity index (χ4n) is 1.16. The third-order valence-electron chi connectivity index (χ3n) is 2.10. The van der Waals surface area contributed by atoms with Crippen molar-refractivity contribution in [1.29, 1.82) is 0 Å². The van der Waals surface area contributed by atoms with E-state index < -0.39 is 0 Å². The summed E-state index contributed by atoms with van der Waals surface area (Å²) >= 11 is 0. The number of aliphatic imine (C=N–C) groups is 1. The zero-order valence-electron chi connectivity index (χ0n) is 10.8. The Labute approximate surface area is 93.3 Å². The molecule has 4 heteroatoms. The molecule has 0 bridgehead atoms. The Morgan fingerprint density at radius 1 is 1.27 bits per heavy atom. The molecule has 0 aromatic carbocycles. The van der Waals surface area contributed by atoms with Crippen LogP contribution in [0.5, 0.6) is 0 Å². The normalized spacial score (nSPS) is 14.8. The van der Waals surface area contributed by atoms with Gasteiger partial charge in [0.2, 0.25) is 0 Å². The van der Waals surface area contributed by atoms with Gasteiger partial charge in [-0.1, -0.05) is 13.8 Å². The molecular weight excluding hydrogens is 192 g/mol. The van der Waals surface area contributed by atoms with E-state index in [4.69, 9.17) is 9.47 Å². The van der Waals surface area contributed by atoms with Crippen molar-refractivity contribution in [3.63, 3.8) is 0 Å². The van der Waals surface area contributed by atoms with Gasteiger partial charge in [0.1, 0.15) is 0 Å². The Balaban J connectivity index is 4.45. The van der Waals surface area contributed by atoms with Crippen LogP contribution in [0.15, 0.2) is 4.99 Å². The van der Waals surface area contributed by atoms with E-state index >= 15 is 0 Å². The summed E-state index contributed by atoms with van der Waals surface area (Å²) in [6, 6.07) is 0.171. The highest BCUT2D eigenvalue weighted by Gasteiger charge is 2.13. The van der Waals surface area contributed by atoms with Gasteiger partial charge >= 0.3 is 0 Å². The lowest BCUT2D eigenvalue weighted by Crippen LogP contribution is -2.27. The molecule has 0 N–H and O–H groups in total. The van der Waals surface area contributed by atoms with Crippen LogP contribution in [0, 0.1) is 5.92 Å². The SMILES string of the molecule is COCC(N=C(CN(C)C)OC)C(C)C. The van der Waals surface area contributed by atoms with Gasteiger partial charge in [-0.05, 0) is 20.0 Å². The molecule has 0 saturated carbocycles. The molecular formula is C11H24N2O2. The van der Waals surface area contributed by atoms with Gasteiger partial charge in [0.25, 0.3) is 0 Å². The number of rotatable bonds is 6. The maximum Gasteiger partial charge on any atom is 0.197 e. The lowest BCUT2D eigenvalue weighted by atomic mass is 10.1. The van der Waals surface area contributed by atoms with Crippen LogP contribution in [0.4, 0.5) is 0 Å². The number of hydrogen-bond donors (Lipinski definition) is 0. The van der Waals surface area contributed by atoms with Crippen LogP contribution >= 0.6 is 0 Å². The quantitative estimate of drug-likeness (QED) is 0.495. The highest BCUT2D eigenvalue weighted by atomic mass is 16.5. The summed E-state index contributed by atoms with van der Waals surface area (Å²) in [5.41, 5.74) is 0. The van der Waals surface area contributed by atoms with E-state index in [2.05, 4.69) is 18.8 Å². The van der Waals surface area contributed by atoms with Gasteiger partial charge in [0.15, 0.2) is 5.90 Å². The smallest absolute Gasteiger partial charge is 0.197 e. The number of ether oxygens (including phenoxy) is 2. The predicted octanol–water partition coefficient (Wildman–Crippen LogP) is 1.26. The van der Waals surface area contributed by atoms with Gasteiger partial charge in [-0.15, -0.1) is 0 Å². The number of nitrogens with zero attached hydrogens (tertiary/aromatic N) is 2. The molecule has 0 rings (SSSR count). The van der Waals surface area contributed by atoms with E-state index in [0.717, 1.165) is 12.4 Å². The molecule has 0 spiro atoms. The Hall–Kier alpha value is -0.610. The van der Waals surface area contributed by atoms with Crippen LogP contribution in [0.25, 0.3) is 0 Å². The van der Waals surface area contributed by atoms with Crippen molar-refractivity contribution in [1.82, 2.24) is 4.90 Å². The number of methoxy groups -OCH3 is 2. The van der Waals surface area contributed by atoms with E-state index in [9.17, 15) is 0 Å². The molecule has 0 aliphatic rings. The maximum atomic E-state index is 5.24. The first-order valence-electron chi connectivity index (χ1n) is 5.25. The zero-order chi connectivity index (χ0) is 11.8. The fraction of sp³-hybridized carbons (Fsp3) is 0.909. The lowest BCUT2D eigenvalue weighted by molar-refractivity contribution is 0.163. The molecule has 0 amide bonds. The highest BCUT2D eigenvalue weighted by Crippen LogP contribution is 2.07. The lowest BCUT2D eigenvalue weighted by Gasteiger charge is -2.18. The molecule has 0 saturated heterocycles. The first-order chi connectivity index (χ1) is 7.01. The molecule has 15 heavy (non-hydrogen) atoms. The van der Waals surface area contributed by atoms with Crippen LogP contribution in [-0.2, 0) is 9.47 Å². The third kappa shape index (κ3) is 6.47. The topological polar surface area (TPSA) is 34.1 Å². The first kappa shape index (κ1) is 14.4. The van der Waals surface area contributed by atoms with Gasteiger partial charge in [0, 0.05) is 7.11 Å². The van der Waals surface area contributed by atoms with E-state index in [0.29, 0.717) is 12.5 Å². The molecule has 0 aliphatic carbocycles. The summed E-state index contributed by atoms with van der Waals surface area (Å²) in [6.07, 6.45) is 0. The van der Waals surface area contributed by atoms with Crippen LogP contribution in [-0.4, -0.2) is 58.3 Å². The molecule has 0 heterocycles. The summed E-state index contributed by atoms with van der Waals surface area (Å²) in [5.74, 6) is 1.22. The largest absolute Gasteiger partial charge is 0.483 e. The summed E-state index contributed by atoms with van der Waals surface area (Å²) in [4.78, 5) is 6.59. The summed E-state index contributed by atoms with van der Waals surface area (Å²) in [5, 5.41) is 0. The first-order valence-corrected chi connectivity index (χ1v) is 5.25. The second kappa shape index (κ2) is 7.65. The van der Waals surface area contributed by atoms with Gasteiger partial charge in [0.05, 0.1) is 26.3 Å². The molecule has 1 unspecified atom stereocenters. The molecule has 4 nitrogen and oxygen atoms in total. The average molecular weight is 216 g/mol. The van der Waals surface area contributed by atoms with E-state index in [1.165, 1.54) is 0 Å². The van der Waals surface area contributed by atoms with E-state index in [1.807, 2.05) is 19.0 Å². The molecule has 0 radical (unpaired) electrons. The number of hydrogen-bond acceptors (Lipinski definition) is 4. The van der Waals surface area contributed by atoms with Crippen molar-refractivity contribution in [2.45, 2.75) is 19.9 Å². The van der Waals surface area contributed by atoms with E-state index in [1.54, 1.807) is 14.2 Å². The van der Waals surface area contributed by atoms with E-state index in [-0.39, 0.29) is 6.04 Å². The molecule has 90 valence electrons. The standard InChI is InChI=1S/C11H24N2O2/c1-9(2)10(8-14-5)12-11(15-6)7-13(3)4/h9-10H,7-8H2,1-6H3. The van der Waals surface area contributed by atoms with Crippen LogP contribution < -0.4 is 0 Å². The summed E-state index contributed by atoms with van der Waals surface area (Å²) < 4.78 is 10.4. The van der Waals surface area contributed by atoms with Gasteiger partial charge in [-0.2, -0.15) is 0 Å². The number of likely N-dealkylation sites (N-methyl/N-ethyl adjacent to an activating group) is 1. The van der Waals surface area contributed by atoms with Gasteiger partial charge < -0.3 is 14.4 Å². The summed E-state index contributed by atoms with van der Waals surface area (Å²) in [6.45, 7) is 5.63. The van der Waals surface area contributed by atoms with Crippen LogP contribution in [0.3, 0.4) is 0 Å². The second-order valence-electron chi connectivity index (χ2n) is 4.23. The monoisotopic (exact) mass is 216 g/mol. The van der Waals surface area contributed by atoms with Crippen molar-refractivity contribution >= 4 is 5.90 Å². The Bertz CT molecular complexity index is 191. The van der Waals surface area contributed by atoms with Gasteiger partial charge in [-0.25, -0.2) is 4.99 Å². The highest BCUT2D eigenvalue weighted by molar-refractivity contribution is 5.78. The van der Waals surface area contributed by atoms with Crippen molar-refractivity contribution < 1.29 is 9.47 Å². The third-order valence-corrected chi connectivity index (χ3v) is 2.10. The van der Waals surface area contributed by atoms with Crippen LogP contribution in [0.1, 0.15) is 13.8 Å². The molecule has 0 aromatic rings. The summed E-state index contributed by atoms with van der Waals surface area (Å²) in [7, 11) is 7.35. The van der Waals surface area contributed by atoms with Crippen molar-refractivity contribution in [2.24, 2.45) is 10.9 Å². The minimum absolute atomic E-state index is 0.171. The van der Waals surface area contributed by atoms with Gasteiger partial charge in [-0.3, -0.25) is 0 Å².